The number of aryl methyl sites for hydroxylation is 1. The lowest BCUT2D eigenvalue weighted by Gasteiger charge is -2.59. The quantitative estimate of drug-likeness (QED) is 0.747. The van der Waals surface area contributed by atoms with E-state index in [1.54, 1.807) is 24.3 Å². The molecule has 0 radical (unpaired) electrons. The van der Waals surface area contributed by atoms with Gasteiger partial charge in [-0.3, -0.25) is 9.59 Å². The Labute approximate surface area is 181 Å². The first-order valence-corrected chi connectivity index (χ1v) is 11.3. The number of ether oxygens (including phenoxy) is 1. The first-order valence-electron chi connectivity index (χ1n) is 11.3. The maximum atomic E-state index is 12.7. The second-order valence-electron chi connectivity index (χ2n) is 9.97. The summed E-state index contributed by atoms with van der Waals surface area (Å²) in [6, 6.07) is 6.85. The highest BCUT2D eigenvalue weighted by Gasteiger charge is 2.53. The Morgan fingerprint density at radius 3 is 2.32 bits per heavy atom. The molecule has 1 amide bonds. The molecule has 0 spiro atoms. The van der Waals surface area contributed by atoms with Crippen molar-refractivity contribution in [3.05, 3.63) is 40.3 Å². The average molecular weight is 424 g/mol. The molecule has 4 bridgehead atoms. The molecule has 0 unspecified atom stereocenters. The number of rotatable bonds is 5. The van der Waals surface area contributed by atoms with Gasteiger partial charge in [0.15, 0.2) is 12.3 Å². The largest absolute Gasteiger partial charge is 0.451 e. The molecular formula is C24H29N3O4. The lowest BCUT2D eigenvalue weighted by atomic mass is 9.48. The number of nitrogens with one attached hydrogen (secondary N) is 1. The van der Waals surface area contributed by atoms with E-state index in [4.69, 9.17) is 4.74 Å². The first kappa shape index (κ1) is 20.2. The van der Waals surface area contributed by atoms with Crippen LogP contribution in [0.2, 0.25) is 0 Å². The number of nitrogens with zero attached hydrogens (tertiary/aromatic N) is 2. The van der Waals surface area contributed by atoms with Gasteiger partial charge in [0.05, 0.1) is 5.39 Å². The molecule has 1 N–H and O–H groups in total. The minimum absolute atomic E-state index is 0.0413. The summed E-state index contributed by atoms with van der Waals surface area (Å²) in [7, 11) is 1.49. The van der Waals surface area contributed by atoms with Crippen molar-refractivity contribution in [1.29, 1.82) is 0 Å². The fourth-order valence-corrected chi connectivity index (χ4v) is 6.79. The van der Waals surface area contributed by atoms with Crippen molar-refractivity contribution in [1.82, 2.24) is 15.1 Å². The molecule has 4 saturated carbocycles. The highest BCUT2D eigenvalue weighted by Crippen LogP contribution is 2.61. The molecule has 7 nitrogen and oxygen atoms in total. The zero-order valence-corrected chi connectivity index (χ0v) is 18.1. The van der Waals surface area contributed by atoms with E-state index in [1.807, 2.05) is 0 Å². The second kappa shape index (κ2) is 7.46. The molecule has 0 aliphatic heterocycles. The standard InChI is InChI=1S/C24H29N3O4/c1-14(24-10-15-7-16(11-24)9-17(8-15)12-24)25-20(28)13-31-23(30)21-18-5-3-4-6-19(18)22(29)27(2)26-21/h3-6,14-17H,7-13H2,1-2H3,(H,25,28)/t14-,15?,16?,17?,24?/m0/s1. The van der Waals surface area contributed by atoms with Gasteiger partial charge in [-0.25, -0.2) is 9.48 Å². The molecule has 1 aromatic heterocycles. The summed E-state index contributed by atoms with van der Waals surface area (Å²) in [4.78, 5) is 37.5. The van der Waals surface area contributed by atoms with Crippen LogP contribution in [0.5, 0.6) is 0 Å². The SMILES string of the molecule is C[C@H](NC(=O)COC(=O)c1nn(C)c(=O)c2ccccc12)C12CC3CC(CC(C3)C1)C2. The van der Waals surface area contributed by atoms with Crippen molar-refractivity contribution in [3.8, 4) is 0 Å². The van der Waals surface area contributed by atoms with Crippen LogP contribution in [0.25, 0.3) is 10.8 Å². The van der Waals surface area contributed by atoms with Crippen molar-refractivity contribution in [2.75, 3.05) is 6.61 Å². The fourth-order valence-electron chi connectivity index (χ4n) is 6.79. The Balaban J connectivity index is 1.24. The van der Waals surface area contributed by atoms with Gasteiger partial charge >= 0.3 is 5.97 Å². The molecule has 2 aromatic rings. The lowest BCUT2D eigenvalue weighted by molar-refractivity contribution is -0.128. The fraction of sp³-hybridized carbons (Fsp3) is 0.583. The zero-order valence-electron chi connectivity index (χ0n) is 18.1. The molecule has 31 heavy (non-hydrogen) atoms. The van der Waals surface area contributed by atoms with Crippen molar-refractivity contribution in [2.45, 2.75) is 51.5 Å². The van der Waals surface area contributed by atoms with Crippen LogP contribution in [0.1, 0.15) is 55.9 Å². The van der Waals surface area contributed by atoms with E-state index >= 15 is 0 Å². The van der Waals surface area contributed by atoms with Gasteiger partial charge in [-0.05, 0) is 74.7 Å². The van der Waals surface area contributed by atoms with E-state index in [1.165, 1.54) is 45.6 Å². The molecule has 1 aromatic carbocycles. The van der Waals surface area contributed by atoms with E-state index in [9.17, 15) is 14.4 Å². The maximum absolute atomic E-state index is 12.7. The minimum Gasteiger partial charge on any atom is -0.451 e. The van der Waals surface area contributed by atoms with Crippen LogP contribution in [-0.4, -0.2) is 34.3 Å². The van der Waals surface area contributed by atoms with Gasteiger partial charge in [-0.15, -0.1) is 0 Å². The number of esters is 1. The summed E-state index contributed by atoms with van der Waals surface area (Å²) >= 11 is 0. The Morgan fingerprint density at radius 2 is 1.71 bits per heavy atom. The van der Waals surface area contributed by atoms with Crippen LogP contribution >= 0.6 is 0 Å². The van der Waals surface area contributed by atoms with Gasteiger partial charge in [0.2, 0.25) is 0 Å². The third kappa shape index (κ3) is 3.54. The van der Waals surface area contributed by atoms with Crippen LogP contribution in [0.4, 0.5) is 0 Å². The van der Waals surface area contributed by atoms with Gasteiger partial charge in [-0.2, -0.15) is 5.10 Å². The summed E-state index contributed by atoms with van der Waals surface area (Å²) in [6.07, 6.45) is 7.69. The average Bonchev–Trinajstić information content (AvgIpc) is 2.73. The summed E-state index contributed by atoms with van der Waals surface area (Å²) in [5.74, 6) is 1.45. The minimum atomic E-state index is -0.704. The molecular weight excluding hydrogens is 394 g/mol. The van der Waals surface area contributed by atoms with Crippen molar-refractivity contribution in [3.63, 3.8) is 0 Å². The third-order valence-corrected chi connectivity index (χ3v) is 7.87. The number of amides is 1. The maximum Gasteiger partial charge on any atom is 0.359 e. The summed E-state index contributed by atoms with van der Waals surface area (Å²) < 4.78 is 6.40. The number of carbonyl (C=O) groups is 2. The van der Waals surface area contributed by atoms with E-state index in [-0.39, 0.29) is 35.2 Å². The van der Waals surface area contributed by atoms with Gasteiger partial charge in [0.1, 0.15) is 0 Å². The molecule has 164 valence electrons. The number of aromatic nitrogens is 2. The molecule has 0 saturated heterocycles. The Kier molecular flexibility index (Phi) is 4.87. The summed E-state index contributed by atoms with van der Waals surface area (Å²) in [6.45, 7) is 1.75. The van der Waals surface area contributed by atoms with Gasteiger partial charge in [0.25, 0.3) is 11.5 Å². The van der Waals surface area contributed by atoms with Crippen LogP contribution < -0.4 is 10.9 Å². The predicted molar refractivity (Wildman–Crippen MR) is 115 cm³/mol. The van der Waals surface area contributed by atoms with Crippen LogP contribution in [-0.2, 0) is 16.6 Å². The van der Waals surface area contributed by atoms with Crippen molar-refractivity contribution in [2.24, 2.45) is 30.2 Å². The Hall–Kier alpha value is -2.70. The molecule has 7 heteroatoms. The summed E-state index contributed by atoms with van der Waals surface area (Å²) in [5, 5.41) is 8.00. The summed E-state index contributed by atoms with van der Waals surface area (Å²) in [5.41, 5.74) is -0.0434. The lowest BCUT2D eigenvalue weighted by Crippen LogP contribution is -2.56. The number of carbonyl (C=O) groups excluding carboxylic acids is 2. The van der Waals surface area contributed by atoms with Crippen molar-refractivity contribution >= 4 is 22.6 Å². The normalized spacial score (nSPS) is 29.7. The van der Waals surface area contributed by atoms with E-state index < -0.39 is 5.97 Å². The van der Waals surface area contributed by atoms with Gasteiger partial charge in [0, 0.05) is 18.5 Å². The highest BCUT2D eigenvalue weighted by atomic mass is 16.5. The van der Waals surface area contributed by atoms with E-state index in [2.05, 4.69) is 17.3 Å². The Bertz CT molecular complexity index is 1070. The molecule has 1 heterocycles. The molecule has 4 fully saturated rings. The first-order chi connectivity index (χ1) is 14.8. The third-order valence-electron chi connectivity index (χ3n) is 7.87. The number of hydrogen-bond donors (Lipinski definition) is 1. The second-order valence-corrected chi connectivity index (χ2v) is 9.97. The highest BCUT2D eigenvalue weighted by molar-refractivity contribution is 6.02. The molecule has 4 aliphatic carbocycles. The van der Waals surface area contributed by atoms with E-state index in [0.29, 0.717) is 10.8 Å². The monoisotopic (exact) mass is 423 g/mol. The topological polar surface area (TPSA) is 90.3 Å². The van der Waals surface area contributed by atoms with Crippen LogP contribution in [0, 0.1) is 23.2 Å². The number of fused-ring (bicyclic) bond motifs is 1. The zero-order chi connectivity index (χ0) is 21.8. The van der Waals surface area contributed by atoms with E-state index in [0.717, 1.165) is 22.4 Å². The van der Waals surface area contributed by atoms with Gasteiger partial charge < -0.3 is 10.1 Å². The van der Waals surface area contributed by atoms with Crippen LogP contribution in [0.15, 0.2) is 29.1 Å². The van der Waals surface area contributed by atoms with Crippen LogP contribution in [0.3, 0.4) is 0 Å². The predicted octanol–water partition coefficient (Wildman–Crippen LogP) is 2.81. The smallest absolute Gasteiger partial charge is 0.359 e. The number of hydrogen-bond acceptors (Lipinski definition) is 5. The molecule has 1 atom stereocenters. The Morgan fingerprint density at radius 1 is 1.13 bits per heavy atom. The molecule has 6 rings (SSSR count). The number of benzene rings is 1. The van der Waals surface area contributed by atoms with Gasteiger partial charge in [-0.1, -0.05) is 18.2 Å². The van der Waals surface area contributed by atoms with Crippen molar-refractivity contribution < 1.29 is 14.3 Å². The molecule has 4 aliphatic rings.